The van der Waals surface area contributed by atoms with Gasteiger partial charge in [0.2, 0.25) is 11.8 Å². The highest BCUT2D eigenvalue weighted by atomic mass is 16.2. The van der Waals surface area contributed by atoms with Gasteiger partial charge in [-0.25, -0.2) is 9.58 Å². The van der Waals surface area contributed by atoms with E-state index >= 15 is 0 Å². The molecule has 1 aliphatic heterocycles. The number of amides is 2. The first-order valence-electron chi connectivity index (χ1n) is 9.91. The normalized spacial score (nSPS) is 34.7. The van der Waals surface area contributed by atoms with Crippen LogP contribution in [0.15, 0.2) is 47.3 Å². The number of benzene rings is 1. The van der Waals surface area contributed by atoms with Gasteiger partial charge in [0.25, 0.3) is 5.56 Å². The van der Waals surface area contributed by atoms with Crippen molar-refractivity contribution in [3.8, 4) is 5.69 Å². The second-order valence-electron chi connectivity index (χ2n) is 8.58. The van der Waals surface area contributed by atoms with E-state index in [1.807, 2.05) is 30.3 Å². The Morgan fingerprint density at radius 3 is 2.04 bits per heavy atom. The Bertz CT molecular complexity index is 1090. The molecular weight excluding hydrogens is 354 g/mol. The summed E-state index contributed by atoms with van der Waals surface area (Å²) in [6, 6.07) is 9.29. The van der Waals surface area contributed by atoms with Gasteiger partial charge in [-0.15, -0.1) is 0 Å². The van der Waals surface area contributed by atoms with E-state index in [2.05, 4.69) is 12.2 Å². The molecule has 3 fully saturated rings. The van der Waals surface area contributed by atoms with Crippen LogP contribution >= 0.6 is 0 Å². The van der Waals surface area contributed by atoms with Gasteiger partial charge >= 0.3 is 0 Å². The molecule has 4 aliphatic carbocycles. The number of hydrogen-bond donors (Lipinski definition) is 0. The van der Waals surface area contributed by atoms with Gasteiger partial charge in [-0.1, -0.05) is 30.4 Å². The van der Waals surface area contributed by atoms with Crippen molar-refractivity contribution < 1.29 is 9.59 Å². The largest absolute Gasteiger partial charge is 0.296 e. The molecule has 6 atom stereocenters. The average Bonchev–Trinajstić information content (AvgIpc) is 3.45. The molecule has 1 saturated heterocycles. The minimum Gasteiger partial charge on any atom is -0.283 e. The molecule has 7 rings (SSSR count). The predicted molar refractivity (Wildman–Crippen MR) is 103 cm³/mol. The molecule has 0 N–H and O–H groups in total. The molecule has 6 heteroatoms. The zero-order chi connectivity index (χ0) is 19.3. The third-order valence-corrected chi connectivity index (χ3v) is 7.41. The topological polar surface area (TPSA) is 64.3 Å². The van der Waals surface area contributed by atoms with Crippen molar-refractivity contribution in [2.24, 2.45) is 42.6 Å². The number of aromatic nitrogens is 2. The Kier molecular flexibility index (Phi) is 2.95. The summed E-state index contributed by atoms with van der Waals surface area (Å²) in [5.41, 5.74) is 1.23. The van der Waals surface area contributed by atoms with E-state index in [1.54, 1.807) is 18.7 Å². The lowest BCUT2D eigenvalue weighted by atomic mass is 9.63. The Morgan fingerprint density at radius 1 is 0.893 bits per heavy atom. The van der Waals surface area contributed by atoms with Crippen LogP contribution in [0.3, 0.4) is 0 Å². The summed E-state index contributed by atoms with van der Waals surface area (Å²) in [4.78, 5) is 41.3. The first kappa shape index (κ1) is 16.1. The second kappa shape index (κ2) is 5.13. The fourth-order valence-corrected chi connectivity index (χ4v) is 5.99. The van der Waals surface area contributed by atoms with Gasteiger partial charge in [-0.2, -0.15) is 0 Å². The van der Waals surface area contributed by atoms with E-state index in [9.17, 15) is 14.4 Å². The molecule has 0 radical (unpaired) electrons. The van der Waals surface area contributed by atoms with Crippen molar-refractivity contribution in [1.29, 1.82) is 0 Å². The van der Waals surface area contributed by atoms with E-state index in [1.165, 1.54) is 9.58 Å². The van der Waals surface area contributed by atoms with E-state index in [0.29, 0.717) is 23.2 Å². The summed E-state index contributed by atoms with van der Waals surface area (Å²) in [7, 11) is 1.78. The maximum absolute atomic E-state index is 13.4. The Hall–Kier alpha value is -2.89. The van der Waals surface area contributed by atoms with Gasteiger partial charge in [0.15, 0.2) is 0 Å². The fourth-order valence-electron chi connectivity index (χ4n) is 5.99. The highest BCUT2D eigenvalue weighted by molar-refractivity contribution is 6.22. The van der Waals surface area contributed by atoms with Crippen LogP contribution in [0.25, 0.3) is 5.69 Å². The van der Waals surface area contributed by atoms with E-state index in [-0.39, 0.29) is 46.7 Å². The Morgan fingerprint density at radius 2 is 1.46 bits per heavy atom. The van der Waals surface area contributed by atoms with Crippen LogP contribution in [0.1, 0.15) is 12.1 Å². The molecule has 1 aromatic heterocycles. The van der Waals surface area contributed by atoms with Crippen LogP contribution in [0.5, 0.6) is 0 Å². The van der Waals surface area contributed by atoms with E-state index in [4.69, 9.17) is 0 Å². The zero-order valence-electron chi connectivity index (χ0n) is 15.8. The summed E-state index contributed by atoms with van der Waals surface area (Å²) in [5.74, 6) is 0.433. The minimum atomic E-state index is -0.322. The summed E-state index contributed by atoms with van der Waals surface area (Å²) >= 11 is 0. The third kappa shape index (κ3) is 1.76. The number of allylic oxidation sites excluding steroid dienone is 2. The zero-order valence-corrected chi connectivity index (χ0v) is 15.8. The molecule has 2 aromatic rings. The summed E-state index contributed by atoms with van der Waals surface area (Å²) < 4.78 is 3.25. The molecular formula is C22H21N3O3. The van der Waals surface area contributed by atoms with Crippen molar-refractivity contribution in [3.63, 3.8) is 0 Å². The van der Waals surface area contributed by atoms with Crippen LogP contribution in [0.2, 0.25) is 0 Å². The van der Waals surface area contributed by atoms with Crippen molar-refractivity contribution in [2.75, 3.05) is 4.90 Å². The van der Waals surface area contributed by atoms with Crippen molar-refractivity contribution in [1.82, 2.24) is 9.36 Å². The summed E-state index contributed by atoms with van der Waals surface area (Å²) in [5, 5.41) is 0. The van der Waals surface area contributed by atoms with Crippen molar-refractivity contribution in [3.05, 3.63) is 58.5 Å². The van der Waals surface area contributed by atoms with Gasteiger partial charge in [-0.05, 0) is 49.1 Å². The quantitative estimate of drug-likeness (QED) is 0.596. The molecule has 0 spiro atoms. The van der Waals surface area contributed by atoms with Gasteiger partial charge in [0.1, 0.15) is 5.69 Å². The van der Waals surface area contributed by atoms with Crippen molar-refractivity contribution >= 4 is 17.5 Å². The predicted octanol–water partition coefficient (Wildman–Crippen LogP) is 2.04. The lowest BCUT2D eigenvalue weighted by molar-refractivity contribution is -0.124. The molecule has 142 valence electrons. The molecule has 6 nitrogen and oxygen atoms in total. The number of anilines is 1. The van der Waals surface area contributed by atoms with Gasteiger partial charge in [-0.3, -0.25) is 19.1 Å². The molecule has 2 bridgehead atoms. The molecule has 5 aliphatic rings. The Labute approximate surface area is 162 Å². The van der Waals surface area contributed by atoms with E-state index < -0.39 is 0 Å². The first-order chi connectivity index (χ1) is 13.5. The van der Waals surface area contributed by atoms with Crippen molar-refractivity contribution in [2.45, 2.75) is 13.3 Å². The number of para-hydroxylation sites is 1. The lowest BCUT2D eigenvalue weighted by Crippen LogP contribution is -2.40. The first-order valence-corrected chi connectivity index (χ1v) is 9.91. The maximum Gasteiger partial charge on any atom is 0.296 e. The van der Waals surface area contributed by atoms with Crippen LogP contribution in [-0.4, -0.2) is 21.2 Å². The molecule has 0 unspecified atom stereocenters. The van der Waals surface area contributed by atoms with E-state index in [0.717, 1.165) is 6.42 Å². The second-order valence-corrected chi connectivity index (χ2v) is 8.58. The number of hydrogen-bond acceptors (Lipinski definition) is 3. The van der Waals surface area contributed by atoms with Crippen LogP contribution < -0.4 is 10.5 Å². The number of imide groups is 1. The van der Waals surface area contributed by atoms with Crippen LogP contribution in [0.4, 0.5) is 5.69 Å². The lowest BCUT2D eigenvalue weighted by Gasteiger charge is -2.37. The molecule has 2 amide bonds. The van der Waals surface area contributed by atoms with Crippen LogP contribution in [0, 0.1) is 42.4 Å². The number of carbonyl (C=O) groups excluding carboxylic acids is 2. The third-order valence-electron chi connectivity index (χ3n) is 7.41. The minimum absolute atomic E-state index is 0.154. The Balaban J connectivity index is 1.49. The monoisotopic (exact) mass is 375 g/mol. The number of nitrogens with zero attached hydrogens (tertiary/aromatic N) is 3. The number of carbonyl (C=O) groups is 2. The standard InChI is InChI=1S/C22H21N3O3/c1-11-19(22(28)25(23(11)2)12-6-4-3-5-7-12)24-20(26)17-13-8-9-14(16-10-15(13)16)18(17)21(24)27/h3-9,13-18H,10H2,1-2H3/t13-,14-,15-,16-,17+,18+/m1/s1. The molecule has 28 heavy (non-hydrogen) atoms. The van der Waals surface area contributed by atoms with Gasteiger partial charge < -0.3 is 0 Å². The molecule has 2 saturated carbocycles. The summed E-state index contributed by atoms with van der Waals surface area (Å²) in [6.45, 7) is 1.79. The smallest absolute Gasteiger partial charge is 0.283 e. The number of rotatable bonds is 2. The maximum atomic E-state index is 13.4. The highest BCUT2D eigenvalue weighted by Gasteiger charge is 2.67. The fraction of sp³-hybridized carbons (Fsp3) is 0.409. The SMILES string of the molecule is Cc1c(N2C(=O)[C@H]3[C@@H]4C=C[C@H]([C@H]5C[C@H]45)[C@@H]3C2=O)c(=O)n(-c2ccccc2)n1C. The molecule has 1 aromatic carbocycles. The highest BCUT2D eigenvalue weighted by Crippen LogP contribution is 2.65. The molecule has 2 heterocycles. The van der Waals surface area contributed by atoms with Gasteiger partial charge in [0.05, 0.1) is 23.2 Å². The summed E-state index contributed by atoms with van der Waals surface area (Å²) in [6.07, 6.45) is 5.42. The van der Waals surface area contributed by atoms with Crippen LogP contribution in [-0.2, 0) is 16.6 Å². The van der Waals surface area contributed by atoms with Gasteiger partial charge in [0, 0.05) is 7.05 Å². The average molecular weight is 375 g/mol.